The first-order chi connectivity index (χ1) is 11.5. The quantitative estimate of drug-likeness (QED) is 0.575. The molecule has 0 aliphatic rings. The number of para-hydroxylation sites is 1. The van der Waals surface area contributed by atoms with E-state index in [0.29, 0.717) is 16.9 Å². The van der Waals surface area contributed by atoms with Gasteiger partial charge in [-0.1, -0.05) is 12.1 Å². The van der Waals surface area contributed by atoms with E-state index < -0.39 is 11.8 Å². The summed E-state index contributed by atoms with van der Waals surface area (Å²) < 4.78 is 5.23. The molecule has 8 heteroatoms. The Labute approximate surface area is 144 Å². The van der Waals surface area contributed by atoms with Crippen LogP contribution in [-0.2, 0) is 0 Å². The van der Waals surface area contributed by atoms with E-state index >= 15 is 0 Å². The minimum Gasteiger partial charge on any atom is -0.496 e. The molecule has 0 radical (unpaired) electrons. The largest absolute Gasteiger partial charge is 0.496 e. The zero-order valence-corrected chi connectivity index (χ0v) is 13.9. The first-order valence-electron chi connectivity index (χ1n) is 6.98. The lowest BCUT2D eigenvalue weighted by molar-refractivity contribution is 0.0934. The lowest BCUT2D eigenvalue weighted by atomic mass is 10.1. The van der Waals surface area contributed by atoms with Gasteiger partial charge in [-0.2, -0.15) is 0 Å². The minimum atomic E-state index is -0.439. The van der Waals surface area contributed by atoms with E-state index in [2.05, 4.69) is 21.2 Å². The van der Waals surface area contributed by atoms with Crippen molar-refractivity contribution in [2.45, 2.75) is 6.92 Å². The molecular weight excluding hydrogens is 328 g/mol. The highest BCUT2D eigenvalue weighted by atomic mass is 32.1. The van der Waals surface area contributed by atoms with E-state index in [1.807, 2.05) is 13.0 Å². The van der Waals surface area contributed by atoms with E-state index in [4.69, 9.17) is 17.0 Å². The summed E-state index contributed by atoms with van der Waals surface area (Å²) in [6, 6.07) is 8.31. The summed E-state index contributed by atoms with van der Waals surface area (Å²) in [5, 5.41) is 2.44. The number of carbonyl (C=O) groups is 2. The van der Waals surface area contributed by atoms with Gasteiger partial charge in [-0.3, -0.25) is 30.7 Å². The SMILES string of the molecule is COc1c(C)cccc1C(=O)NC(=S)NNC(=O)c1ccncc1. The van der Waals surface area contributed by atoms with Crippen LogP contribution in [-0.4, -0.2) is 29.0 Å². The molecule has 0 bridgehead atoms. The Kier molecular flexibility index (Phi) is 5.80. The number of aryl methyl sites for hydroxylation is 1. The van der Waals surface area contributed by atoms with Crippen molar-refractivity contribution in [3.05, 3.63) is 59.4 Å². The number of rotatable bonds is 3. The van der Waals surface area contributed by atoms with E-state index in [9.17, 15) is 9.59 Å². The van der Waals surface area contributed by atoms with E-state index in [1.165, 1.54) is 19.5 Å². The third kappa shape index (κ3) is 4.26. The second kappa shape index (κ2) is 8.02. The number of hydrogen-bond donors (Lipinski definition) is 3. The Balaban J connectivity index is 1.94. The fourth-order valence-electron chi connectivity index (χ4n) is 1.99. The van der Waals surface area contributed by atoms with Crippen LogP contribution in [0.3, 0.4) is 0 Å². The number of aromatic nitrogens is 1. The third-order valence-corrected chi connectivity index (χ3v) is 3.32. The molecule has 24 heavy (non-hydrogen) atoms. The van der Waals surface area contributed by atoms with Gasteiger partial charge in [-0.25, -0.2) is 0 Å². The number of methoxy groups -OCH3 is 1. The van der Waals surface area contributed by atoms with Crippen LogP contribution in [0.5, 0.6) is 5.75 Å². The maximum absolute atomic E-state index is 12.3. The van der Waals surface area contributed by atoms with Gasteiger partial charge in [-0.05, 0) is 42.9 Å². The van der Waals surface area contributed by atoms with Crippen molar-refractivity contribution in [3.63, 3.8) is 0 Å². The van der Waals surface area contributed by atoms with Crippen molar-refractivity contribution < 1.29 is 14.3 Å². The van der Waals surface area contributed by atoms with Gasteiger partial charge in [0.15, 0.2) is 5.11 Å². The van der Waals surface area contributed by atoms with Gasteiger partial charge in [0.25, 0.3) is 11.8 Å². The molecule has 0 atom stereocenters. The fraction of sp³-hybridized carbons (Fsp3) is 0.125. The highest BCUT2D eigenvalue weighted by molar-refractivity contribution is 7.80. The van der Waals surface area contributed by atoms with Gasteiger partial charge in [0, 0.05) is 18.0 Å². The number of nitrogens with zero attached hydrogens (tertiary/aromatic N) is 1. The number of amides is 2. The summed E-state index contributed by atoms with van der Waals surface area (Å²) in [6.45, 7) is 1.83. The lowest BCUT2D eigenvalue weighted by Gasteiger charge is -2.13. The van der Waals surface area contributed by atoms with E-state index in [1.54, 1.807) is 24.3 Å². The second-order valence-corrected chi connectivity index (χ2v) is 5.16. The topological polar surface area (TPSA) is 92.4 Å². The number of nitrogens with one attached hydrogen (secondary N) is 3. The number of benzene rings is 1. The average Bonchev–Trinajstić information content (AvgIpc) is 2.60. The van der Waals surface area contributed by atoms with Gasteiger partial charge >= 0.3 is 0 Å². The molecule has 2 rings (SSSR count). The van der Waals surface area contributed by atoms with Gasteiger partial charge in [0.1, 0.15) is 5.75 Å². The fourth-order valence-corrected chi connectivity index (χ4v) is 2.14. The smallest absolute Gasteiger partial charge is 0.269 e. The molecule has 0 fully saturated rings. The number of pyridine rings is 1. The van der Waals surface area contributed by atoms with Crippen molar-refractivity contribution in [1.82, 2.24) is 21.2 Å². The molecule has 2 amide bonds. The van der Waals surface area contributed by atoms with Crippen LogP contribution in [0.4, 0.5) is 0 Å². The Bertz CT molecular complexity index is 765. The summed E-state index contributed by atoms with van der Waals surface area (Å²) in [4.78, 5) is 27.9. The Morgan fingerprint density at radius 3 is 2.46 bits per heavy atom. The molecule has 124 valence electrons. The monoisotopic (exact) mass is 344 g/mol. The van der Waals surface area contributed by atoms with Crippen LogP contribution in [0.2, 0.25) is 0 Å². The molecule has 0 saturated carbocycles. The number of hydrogen-bond acceptors (Lipinski definition) is 5. The molecule has 0 spiro atoms. The Hall–Kier alpha value is -3.00. The number of hydrazine groups is 1. The zero-order valence-electron chi connectivity index (χ0n) is 13.1. The van der Waals surface area contributed by atoms with Gasteiger partial charge in [0.2, 0.25) is 0 Å². The first-order valence-corrected chi connectivity index (χ1v) is 7.39. The first kappa shape index (κ1) is 17.4. The maximum atomic E-state index is 12.3. The van der Waals surface area contributed by atoms with Crippen molar-refractivity contribution in [1.29, 1.82) is 0 Å². The van der Waals surface area contributed by atoms with Crippen LogP contribution < -0.4 is 20.9 Å². The predicted octanol–water partition coefficient (Wildman–Crippen LogP) is 1.35. The van der Waals surface area contributed by atoms with Crippen LogP contribution in [0.25, 0.3) is 0 Å². The zero-order chi connectivity index (χ0) is 17.5. The van der Waals surface area contributed by atoms with Crippen LogP contribution in [0, 0.1) is 6.92 Å². The number of thiocarbonyl (C=S) groups is 1. The lowest BCUT2D eigenvalue weighted by Crippen LogP contribution is -2.48. The molecule has 1 aromatic heterocycles. The number of ether oxygens (including phenoxy) is 1. The molecule has 0 unspecified atom stereocenters. The minimum absolute atomic E-state index is 0.0361. The van der Waals surface area contributed by atoms with Gasteiger partial charge in [-0.15, -0.1) is 0 Å². The Morgan fingerprint density at radius 2 is 1.79 bits per heavy atom. The highest BCUT2D eigenvalue weighted by Crippen LogP contribution is 2.22. The number of carbonyl (C=O) groups excluding carboxylic acids is 2. The van der Waals surface area contributed by atoms with Crippen LogP contribution in [0.1, 0.15) is 26.3 Å². The molecule has 3 N–H and O–H groups in total. The normalized spacial score (nSPS) is 9.75. The van der Waals surface area contributed by atoms with Crippen LogP contribution >= 0.6 is 12.2 Å². The standard InChI is InChI=1S/C16H16N4O3S/c1-10-4-3-5-12(13(10)23-2)15(22)18-16(24)20-19-14(21)11-6-8-17-9-7-11/h3-9H,1-2H3,(H,19,21)(H2,18,20,22,24). The summed E-state index contributed by atoms with van der Waals surface area (Å²) in [7, 11) is 1.49. The van der Waals surface area contributed by atoms with Crippen molar-refractivity contribution in [2.75, 3.05) is 7.11 Å². The predicted molar refractivity (Wildman–Crippen MR) is 92.6 cm³/mol. The van der Waals surface area contributed by atoms with E-state index in [-0.39, 0.29) is 5.11 Å². The molecule has 0 aliphatic carbocycles. The molecule has 0 aliphatic heterocycles. The van der Waals surface area contributed by atoms with Crippen molar-refractivity contribution >= 4 is 29.1 Å². The van der Waals surface area contributed by atoms with Crippen LogP contribution in [0.15, 0.2) is 42.7 Å². The molecule has 2 aromatic rings. The van der Waals surface area contributed by atoms with E-state index in [0.717, 1.165) is 5.56 Å². The summed E-state index contributed by atoms with van der Waals surface area (Å²) in [5.41, 5.74) is 6.45. The van der Waals surface area contributed by atoms with Gasteiger partial charge in [0.05, 0.1) is 12.7 Å². The maximum Gasteiger partial charge on any atom is 0.269 e. The van der Waals surface area contributed by atoms with Crippen molar-refractivity contribution in [2.24, 2.45) is 0 Å². The summed E-state index contributed by atoms with van der Waals surface area (Å²) >= 11 is 5.00. The average molecular weight is 344 g/mol. The van der Waals surface area contributed by atoms with Crippen molar-refractivity contribution in [3.8, 4) is 5.75 Å². The molecular formula is C16H16N4O3S. The summed E-state index contributed by atoms with van der Waals surface area (Å²) in [6.07, 6.45) is 3.00. The molecule has 1 aromatic carbocycles. The molecule has 1 heterocycles. The third-order valence-electron chi connectivity index (χ3n) is 3.12. The highest BCUT2D eigenvalue weighted by Gasteiger charge is 2.15. The second-order valence-electron chi connectivity index (χ2n) is 4.75. The van der Waals surface area contributed by atoms with Gasteiger partial charge < -0.3 is 4.74 Å². The summed E-state index contributed by atoms with van der Waals surface area (Å²) in [5.74, 6) is -0.369. The molecule has 7 nitrogen and oxygen atoms in total. The molecule has 0 saturated heterocycles. The Morgan fingerprint density at radius 1 is 1.08 bits per heavy atom.